The quantitative estimate of drug-likeness (QED) is 0.889. The zero-order chi connectivity index (χ0) is 16.3. The molecule has 6 heteroatoms. The smallest absolute Gasteiger partial charge is 0.339 e. The summed E-state index contributed by atoms with van der Waals surface area (Å²) in [5.74, 6) is -0.768. The van der Waals surface area contributed by atoms with Gasteiger partial charge < -0.3 is 10.4 Å². The molecular formula is C16H19N3O3. The molecule has 0 aliphatic carbocycles. The molecular weight excluding hydrogens is 282 g/mol. The van der Waals surface area contributed by atoms with Crippen molar-refractivity contribution in [2.75, 3.05) is 5.32 Å². The minimum atomic E-state index is -1.01. The molecule has 0 aliphatic heterocycles. The van der Waals surface area contributed by atoms with E-state index in [-0.39, 0.29) is 17.4 Å². The summed E-state index contributed by atoms with van der Waals surface area (Å²) < 4.78 is 1.54. The van der Waals surface area contributed by atoms with E-state index in [1.165, 1.54) is 6.20 Å². The summed E-state index contributed by atoms with van der Waals surface area (Å²) >= 11 is 0. The van der Waals surface area contributed by atoms with E-state index in [1.54, 1.807) is 29.8 Å². The summed E-state index contributed by atoms with van der Waals surface area (Å²) in [7, 11) is 0. The van der Waals surface area contributed by atoms with Crippen molar-refractivity contribution in [3.63, 3.8) is 0 Å². The minimum Gasteiger partial charge on any atom is -0.478 e. The third-order valence-electron chi connectivity index (χ3n) is 3.21. The molecule has 0 unspecified atom stereocenters. The fourth-order valence-electron chi connectivity index (χ4n) is 2.18. The molecule has 1 aromatic carbocycles. The maximum atomic E-state index is 11.8. The Bertz CT molecular complexity index is 704. The second-order valence-corrected chi connectivity index (χ2v) is 5.56. The number of anilines is 1. The van der Waals surface area contributed by atoms with Crippen LogP contribution in [-0.4, -0.2) is 26.8 Å². The van der Waals surface area contributed by atoms with Crippen molar-refractivity contribution in [2.24, 2.45) is 5.92 Å². The molecule has 1 aromatic heterocycles. The molecule has 1 amide bonds. The number of carboxylic acid groups (broad SMARTS) is 1. The fourth-order valence-corrected chi connectivity index (χ4v) is 2.18. The van der Waals surface area contributed by atoms with E-state index in [0.29, 0.717) is 23.5 Å². The summed E-state index contributed by atoms with van der Waals surface area (Å²) in [5.41, 5.74) is 2.06. The van der Waals surface area contributed by atoms with E-state index >= 15 is 0 Å². The van der Waals surface area contributed by atoms with Crippen LogP contribution in [0.25, 0.3) is 5.69 Å². The van der Waals surface area contributed by atoms with Crippen LogP contribution in [0.5, 0.6) is 0 Å². The van der Waals surface area contributed by atoms with Gasteiger partial charge in [-0.1, -0.05) is 19.9 Å². The summed E-state index contributed by atoms with van der Waals surface area (Å²) in [4.78, 5) is 22.9. The maximum absolute atomic E-state index is 11.8. The highest BCUT2D eigenvalue weighted by Gasteiger charge is 2.14. The lowest BCUT2D eigenvalue weighted by Gasteiger charge is -2.10. The van der Waals surface area contributed by atoms with Crippen LogP contribution in [0.4, 0.5) is 5.69 Å². The normalized spacial score (nSPS) is 10.7. The van der Waals surface area contributed by atoms with Crippen molar-refractivity contribution in [1.82, 2.24) is 9.78 Å². The Kier molecular flexibility index (Phi) is 4.60. The van der Waals surface area contributed by atoms with Gasteiger partial charge >= 0.3 is 5.97 Å². The van der Waals surface area contributed by atoms with Crippen LogP contribution in [0.2, 0.25) is 0 Å². The lowest BCUT2D eigenvalue weighted by molar-refractivity contribution is -0.116. The highest BCUT2D eigenvalue weighted by molar-refractivity contribution is 5.91. The van der Waals surface area contributed by atoms with Gasteiger partial charge in [-0.3, -0.25) is 4.79 Å². The molecule has 0 aliphatic rings. The molecule has 2 rings (SSSR count). The summed E-state index contributed by atoms with van der Waals surface area (Å²) in [6.07, 6.45) is 1.77. The van der Waals surface area contributed by atoms with Gasteiger partial charge in [-0.25, -0.2) is 9.48 Å². The van der Waals surface area contributed by atoms with E-state index < -0.39 is 5.97 Å². The Morgan fingerprint density at radius 1 is 1.36 bits per heavy atom. The number of amides is 1. The van der Waals surface area contributed by atoms with E-state index in [0.717, 1.165) is 0 Å². The number of carbonyl (C=O) groups excluding carboxylic acids is 1. The van der Waals surface area contributed by atoms with Gasteiger partial charge in [0, 0.05) is 12.1 Å². The first-order valence-electron chi connectivity index (χ1n) is 7.06. The summed E-state index contributed by atoms with van der Waals surface area (Å²) in [6.45, 7) is 5.66. The van der Waals surface area contributed by atoms with E-state index in [9.17, 15) is 9.59 Å². The van der Waals surface area contributed by atoms with Crippen LogP contribution < -0.4 is 5.32 Å². The molecule has 0 bridgehead atoms. The summed E-state index contributed by atoms with van der Waals surface area (Å²) in [5, 5.41) is 16.0. The number of hydrogen-bond acceptors (Lipinski definition) is 3. The van der Waals surface area contributed by atoms with E-state index in [4.69, 9.17) is 5.11 Å². The van der Waals surface area contributed by atoms with Crippen LogP contribution >= 0.6 is 0 Å². The minimum absolute atomic E-state index is 0.0458. The maximum Gasteiger partial charge on any atom is 0.339 e. The Hall–Kier alpha value is -2.63. The van der Waals surface area contributed by atoms with Gasteiger partial charge in [-0.05, 0) is 31.0 Å². The number of aromatic carboxylic acids is 1. The van der Waals surface area contributed by atoms with Gasteiger partial charge in [0.2, 0.25) is 5.91 Å². The van der Waals surface area contributed by atoms with Crippen molar-refractivity contribution < 1.29 is 14.7 Å². The molecule has 2 aromatic rings. The SMILES string of the molecule is Cc1c(C(=O)O)cnn1-c1cccc(NC(=O)CC(C)C)c1. The monoisotopic (exact) mass is 301 g/mol. The van der Waals surface area contributed by atoms with Crippen molar-refractivity contribution in [3.8, 4) is 5.69 Å². The average Bonchev–Trinajstić information content (AvgIpc) is 2.80. The average molecular weight is 301 g/mol. The summed E-state index contributed by atoms with van der Waals surface area (Å²) in [6, 6.07) is 7.16. The molecule has 1 heterocycles. The number of nitrogens with zero attached hydrogens (tertiary/aromatic N) is 2. The lowest BCUT2D eigenvalue weighted by atomic mass is 10.1. The first kappa shape index (κ1) is 15.8. The predicted octanol–water partition coefficient (Wildman–Crippen LogP) is 2.86. The molecule has 22 heavy (non-hydrogen) atoms. The zero-order valence-corrected chi connectivity index (χ0v) is 12.8. The van der Waals surface area contributed by atoms with Gasteiger partial charge in [-0.2, -0.15) is 5.10 Å². The fraction of sp³-hybridized carbons (Fsp3) is 0.312. The van der Waals surface area contributed by atoms with Crippen LogP contribution in [0.3, 0.4) is 0 Å². The number of benzene rings is 1. The lowest BCUT2D eigenvalue weighted by Crippen LogP contribution is -2.14. The second kappa shape index (κ2) is 6.43. The predicted molar refractivity (Wildman–Crippen MR) is 83.3 cm³/mol. The molecule has 0 radical (unpaired) electrons. The van der Waals surface area contributed by atoms with Crippen molar-refractivity contribution >= 4 is 17.6 Å². The van der Waals surface area contributed by atoms with E-state index in [1.807, 2.05) is 19.9 Å². The molecule has 2 N–H and O–H groups in total. The molecule has 0 spiro atoms. The van der Waals surface area contributed by atoms with Gasteiger partial charge in [-0.15, -0.1) is 0 Å². The van der Waals surface area contributed by atoms with Crippen molar-refractivity contribution in [3.05, 3.63) is 41.7 Å². The van der Waals surface area contributed by atoms with Gasteiger partial charge in [0.1, 0.15) is 5.56 Å². The number of rotatable bonds is 5. The Morgan fingerprint density at radius 3 is 2.68 bits per heavy atom. The Balaban J connectivity index is 2.25. The topological polar surface area (TPSA) is 84.2 Å². The molecule has 116 valence electrons. The number of carboxylic acids is 1. The highest BCUT2D eigenvalue weighted by atomic mass is 16.4. The Morgan fingerprint density at radius 2 is 2.09 bits per heavy atom. The van der Waals surface area contributed by atoms with Crippen LogP contribution in [0.1, 0.15) is 36.3 Å². The molecule has 6 nitrogen and oxygen atoms in total. The Labute approximate surface area is 128 Å². The first-order chi connectivity index (χ1) is 10.4. The molecule has 0 saturated heterocycles. The van der Waals surface area contributed by atoms with Gasteiger partial charge in [0.15, 0.2) is 0 Å². The third kappa shape index (κ3) is 3.52. The highest BCUT2D eigenvalue weighted by Crippen LogP contribution is 2.18. The number of nitrogens with one attached hydrogen (secondary N) is 1. The van der Waals surface area contributed by atoms with Crippen molar-refractivity contribution in [2.45, 2.75) is 27.2 Å². The molecule has 0 atom stereocenters. The standard InChI is InChI=1S/C16H19N3O3/c1-10(2)7-15(20)18-12-5-4-6-13(8-12)19-11(3)14(9-17-19)16(21)22/h4-6,8-10H,7H2,1-3H3,(H,18,20)(H,21,22). The number of aromatic nitrogens is 2. The second-order valence-electron chi connectivity index (χ2n) is 5.56. The first-order valence-corrected chi connectivity index (χ1v) is 7.06. The zero-order valence-electron chi connectivity index (χ0n) is 12.8. The number of hydrogen-bond donors (Lipinski definition) is 2. The van der Waals surface area contributed by atoms with Gasteiger partial charge in [0.25, 0.3) is 0 Å². The van der Waals surface area contributed by atoms with Crippen LogP contribution in [0.15, 0.2) is 30.5 Å². The van der Waals surface area contributed by atoms with Crippen LogP contribution in [-0.2, 0) is 4.79 Å². The van der Waals surface area contributed by atoms with Crippen LogP contribution in [0, 0.1) is 12.8 Å². The van der Waals surface area contributed by atoms with Gasteiger partial charge in [0.05, 0.1) is 17.6 Å². The number of carbonyl (C=O) groups is 2. The van der Waals surface area contributed by atoms with Crippen molar-refractivity contribution in [1.29, 1.82) is 0 Å². The largest absolute Gasteiger partial charge is 0.478 e. The third-order valence-corrected chi connectivity index (χ3v) is 3.21. The molecule has 0 fully saturated rings. The molecule has 0 saturated carbocycles. The van der Waals surface area contributed by atoms with E-state index in [2.05, 4.69) is 10.4 Å².